The number of alkyl halides is 1. The predicted molar refractivity (Wildman–Crippen MR) is 65.4 cm³/mol. The van der Waals surface area contributed by atoms with Crippen LogP contribution in [0, 0.1) is 0 Å². The molecule has 0 spiro atoms. The van der Waals surface area contributed by atoms with Gasteiger partial charge in [0.1, 0.15) is 0 Å². The van der Waals surface area contributed by atoms with Crippen molar-refractivity contribution in [3.8, 4) is 0 Å². The average Bonchev–Trinajstić information content (AvgIpc) is 1.81. The molecule has 1 atom stereocenters. The molecule has 0 aromatic carbocycles. The van der Waals surface area contributed by atoms with Crippen LogP contribution in [0.3, 0.4) is 0 Å². The summed E-state index contributed by atoms with van der Waals surface area (Å²) in [4.78, 5) is 0. The van der Waals surface area contributed by atoms with Crippen molar-refractivity contribution in [3.63, 3.8) is 0 Å². The van der Waals surface area contributed by atoms with E-state index >= 15 is 0 Å². The van der Waals surface area contributed by atoms with Gasteiger partial charge in [-0.05, 0) is 20.8 Å². The van der Waals surface area contributed by atoms with Crippen LogP contribution >= 0.6 is 29.2 Å². The van der Waals surface area contributed by atoms with Gasteiger partial charge in [0.05, 0.1) is 17.6 Å². The molecule has 0 rings (SSSR count). The number of hydrogen-bond donors (Lipinski definition) is 0. The first-order valence-electron chi connectivity index (χ1n) is 4.40. The van der Waals surface area contributed by atoms with Gasteiger partial charge in [0.25, 0.3) is 0 Å². The molecular formula is C9H20Cl2NP. The van der Waals surface area contributed by atoms with Gasteiger partial charge in [-0.2, -0.15) is 0 Å². The van der Waals surface area contributed by atoms with E-state index in [0.717, 1.165) is 0 Å². The molecule has 0 fully saturated rings. The number of nitrogens with zero attached hydrogens (tertiary/aromatic N) is 1. The lowest BCUT2D eigenvalue weighted by atomic mass is 10.1. The summed E-state index contributed by atoms with van der Waals surface area (Å²) >= 11 is 12.4. The highest BCUT2D eigenvalue weighted by Gasteiger charge is 2.32. The topological polar surface area (TPSA) is 12.4 Å². The summed E-state index contributed by atoms with van der Waals surface area (Å²) in [5, 5.41) is -0.0103. The molecule has 0 bridgehead atoms. The highest BCUT2D eigenvalue weighted by atomic mass is 35.7. The fourth-order valence-corrected chi connectivity index (χ4v) is 4.41. The molecule has 0 aliphatic heterocycles. The second kappa shape index (κ2) is 4.13. The van der Waals surface area contributed by atoms with Gasteiger partial charge in [0, 0.05) is 5.16 Å². The van der Waals surface area contributed by atoms with E-state index in [0.29, 0.717) is 5.62 Å². The van der Waals surface area contributed by atoms with E-state index in [9.17, 15) is 0 Å². The van der Waals surface area contributed by atoms with E-state index in [-0.39, 0.29) is 10.7 Å². The van der Waals surface area contributed by atoms with Gasteiger partial charge in [0.2, 0.25) is 0 Å². The molecule has 1 unspecified atom stereocenters. The molecular weight excluding hydrogens is 224 g/mol. The summed E-state index contributed by atoms with van der Waals surface area (Å²) in [6.07, 6.45) is -1.89. The lowest BCUT2D eigenvalue weighted by Crippen LogP contribution is -2.17. The molecule has 13 heavy (non-hydrogen) atoms. The zero-order valence-electron chi connectivity index (χ0n) is 9.36. The standard InChI is InChI=1S/C9H20Cl2NP/c1-8(2,3)12-13(11,7-10)9(4,5)6/h7H2,1-6H3. The molecule has 1 nitrogen and oxygen atoms in total. The Morgan fingerprint density at radius 2 is 1.46 bits per heavy atom. The first-order chi connectivity index (χ1) is 5.52. The Morgan fingerprint density at radius 3 is 1.54 bits per heavy atom. The normalized spacial score (nSPS) is 18.2. The van der Waals surface area contributed by atoms with Crippen molar-refractivity contribution in [1.82, 2.24) is 0 Å². The van der Waals surface area contributed by atoms with E-state index in [1.807, 2.05) is 0 Å². The van der Waals surface area contributed by atoms with Crippen LogP contribution in [-0.4, -0.2) is 16.3 Å². The number of hydrogen-bond acceptors (Lipinski definition) is 1. The lowest BCUT2D eigenvalue weighted by Gasteiger charge is -2.32. The third-order valence-electron chi connectivity index (χ3n) is 1.64. The van der Waals surface area contributed by atoms with E-state index in [4.69, 9.17) is 22.8 Å². The highest BCUT2D eigenvalue weighted by Crippen LogP contribution is 2.66. The van der Waals surface area contributed by atoms with Crippen LogP contribution in [-0.2, 0) is 0 Å². The Morgan fingerprint density at radius 1 is 1.08 bits per heavy atom. The minimum Gasteiger partial charge on any atom is -0.280 e. The van der Waals surface area contributed by atoms with Crippen LogP contribution in [0.4, 0.5) is 0 Å². The maximum atomic E-state index is 6.50. The molecule has 0 heterocycles. The summed E-state index contributed by atoms with van der Waals surface area (Å²) in [6, 6.07) is 0. The maximum absolute atomic E-state index is 6.50. The second-order valence-electron chi connectivity index (χ2n) is 5.24. The van der Waals surface area contributed by atoms with Crippen LogP contribution < -0.4 is 0 Å². The summed E-state index contributed by atoms with van der Waals surface area (Å²) < 4.78 is 4.68. The van der Waals surface area contributed by atoms with Crippen molar-refractivity contribution in [2.45, 2.75) is 52.2 Å². The smallest absolute Gasteiger partial charge is 0.0746 e. The minimum absolute atomic E-state index is 0.0103. The molecule has 0 saturated heterocycles. The largest absolute Gasteiger partial charge is 0.280 e. The fourth-order valence-electron chi connectivity index (χ4n) is 0.832. The van der Waals surface area contributed by atoms with Gasteiger partial charge < -0.3 is 0 Å². The maximum Gasteiger partial charge on any atom is 0.0746 e. The molecule has 4 heteroatoms. The quantitative estimate of drug-likeness (QED) is 0.447. The van der Waals surface area contributed by atoms with Crippen molar-refractivity contribution >= 4 is 29.2 Å². The fraction of sp³-hybridized carbons (Fsp3) is 1.00. The molecule has 0 aliphatic rings. The van der Waals surface area contributed by atoms with Crippen LogP contribution in [0.25, 0.3) is 0 Å². The van der Waals surface area contributed by atoms with Crippen molar-refractivity contribution in [2.24, 2.45) is 4.74 Å². The van der Waals surface area contributed by atoms with E-state index in [1.165, 1.54) is 0 Å². The van der Waals surface area contributed by atoms with E-state index < -0.39 is 6.41 Å². The zero-order chi connectivity index (χ0) is 10.9. The van der Waals surface area contributed by atoms with Crippen LogP contribution in [0.5, 0.6) is 0 Å². The summed E-state index contributed by atoms with van der Waals surface area (Å²) in [6.45, 7) is 12.5. The van der Waals surface area contributed by atoms with Crippen LogP contribution in [0.2, 0.25) is 0 Å². The van der Waals surface area contributed by atoms with Crippen molar-refractivity contribution < 1.29 is 0 Å². The second-order valence-corrected chi connectivity index (χ2v) is 10.8. The molecule has 0 aliphatic carbocycles. The lowest BCUT2D eigenvalue weighted by molar-refractivity contribution is 0.586. The Bertz CT molecular complexity index is 223. The molecule has 0 N–H and O–H groups in total. The first kappa shape index (κ1) is 13.8. The number of rotatable bonds is 1. The first-order valence-corrected chi connectivity index (χ1v) is 7.77. The van der Waals surface area contributed by atoms with Gasteiger partial charge in [-0.3, -0.25) is 4.74 Å². The van der Waals surface area contributed by atoms with Crippen molar-refractivity contribution in [2.75, 3.05) is 5.62 Å². The summed E-state index contributed by atoms with van der Waals surface area (Å²) in [5.74, 6) is 0. The van der Waals surface area contributed by atoms with Gasteiger partial charge in [-0.1, -0.05) is 32.0 Å². The van der Waals surface area contributed by atoms with Gasteiger partial charge in [-0.15, -0.1) is 11.6 Å². The van der Waals surface area contributed by atoms with Gasteiger partial charge in [0.15, 0.2) is 0 Å². The molecule has 0 aromatic rings. The predicted octanol–water partition coefficient (Wildman–Crippen LogP) is 5.13. The van der Waals surface area contributed by atoms with Gasteiger partial charge in [-0.25, -0.2) is 0 Å². The Labute approximate surface area is 92.0 Å². The van der Waals surface area contributed by atoms with Crippen molar-refractivity contribution in [1.29, 1.82) is 0 Å². The Balaban J connectivity index is 5.19. The summed E-state index contributed by atoms with van der Waals surface area (Å²) in [7, 11) is 0. The Kier molecular flexibility index (Phi) is 4.38. The SMILES string of the molecule is CC(C)(C)N=P(Cl)(CCl)C(C)(C)C. The van der Waals surface area contributed by atoms with E-state index in [1.54, 1.807) is 0 Å². The summed E-state index contributed by atoms with van der Waals surface area (Å²) in [5.41, 5.74) is 0.354. The number of halogens is 2. The highest BCUT2D eigenvalue weighted by molar-refractivity contribution is 7.93. The third kappa shape index (κ3) is 4.23. The van der Waals surface area contributed by atoms with Gasteiger partial charge >= 0.3 is 0 Å². The average molecular weight is 244 g/mol. The molecule has 0 saturated carbocycles. The van der Waals surface area contributed by atoms with E-state index in [2.05, 4.69) is 46.3 Å². The van der Waals surface area contributed by atoms with Crippen LogP contribution in [0.1, 0.15) is 41.5 Å². The van der Waals surface area contributed by atoms with Crippen LogP contribution in [0.15, 0.2) is 4.74 Å². The minimum atomic E-state index is -1.89. The zero-order valence-corrected chi connectivity index (χ0v) is 11.8. The molecule has 0 amide bonds. The molecule has 80 valence electrons. The molecule has 0 radical (unpaired) electrons. The Hall–Kier alpha value is 0.810. The third-order valence-corrected chi connectivity index (χ3v) is 8.45. The monoisotopic (exact) mass is 243 g/mol. The van der Waals surface area contributed by atoms with Crippen molar-refractivity contribution in [3.05, 3.63) is 0 Å². The molecule has 0 aromatic heterocycles.